The number of nitrogens with zero attached hydrogens (tertiary/aromatic N) is 3. The van der Waals surface area contributed by atoms with Gasteiger partial charge in [0.25, 0.3) is 0 Å². The van der Waals surface area contributed by atoms with E-state index in [1.54, 1.807) is 28.9 Å². The highest BCUT2D eigenvalue weighted by Crippen LogP contribution is 2.21. The highest BCUT2D eigenvalue weighted by atomic mass is 35.5. The van der Waals surface area contributed by atoms with Crippen LogP contribution in [0.5, 0.6) is 0 Å². The van der Waals surface area contributed by atoms with E-state index in [9.17, 15) is 22.4 Å². The molecule has 0 radical (unpaired) electrons. The van der Waals surface area contributed by atoms with Crippen molar-refractivity contribution >= 4 is 33.4 Å². The van der Waals surface area contributed by atoms with Gasteiger partial charge in [0.1, 0.15) is 11.2 Å². The van der Waals surface area contributed by atoms with Gasteiger partial charge >= 0.3 is 0 Å². The first-order chi connectivity index (χ1) is 15.6. The standard InChI is InChI=1S/C22H33ClFN3O5S/c1-4-33(30,31)26(12-13-32-3)16-21(28)27(15-18-6-5-7-19(24)14-18)20-8-10-25(11-9-20)22(29)17(2)23/h5-7,14,17,20H,4,8-13,15-16H2,1-3H3/t17-/m1/s1. The molecule has 0 saturated carbocycles. The highest BCUT2D eigenvalue weighted by molar-refractivity contribution is 7.89. The van der Waals surface area contributed by atoms with E-state index >= 15 is 0 Å². The number of sulfonamides is 1. The van der Waals surface area contributed by atoms with Crippen molar-refractivity contribution in [3.05, 3.63) is 35.6 Å². The number of piperidine rings is 1. The second kappa shape index (κ2) is 12.6. The van der Waals surface area contributed by atoms with Crippen LogP contribution < -0.4 is 0 Å². The van der Waals surface area contributed by atoms with Crippen molar-refractivity contribution in [3.8, 4) is 0 Å². The van der Waals surface area contributed by atoms with Crippen LogP contribution in [0.15, 0.2) is 24.3 Å². The number of hydrogen-bond donors (Lipinski definition) is 0. The number of ether oxygens (including phenoxy) is 1. The fraction of sp³-hybridized carbons (Fsp3) is 0.636. The van der Waals surface area contributed by atoms with E-state index in [-0.39, 0.29) is 49.9 Å². The van der Waals surface area contributed by atoms with Crippen LogP contribution in [0.1, 0.15) is 32.3 Å². The molecule has 1 atom stereocenters. The zero-order valence-corrected chi connectivity index (χ0v) is 20.9. The molecule has 2 rings (SSSR count). The topological polar surface area (TPSA) is 87.2 Å². The van der Waals surface area contributed by atoms with Crippen molar-refractivity contribution in [3.63, 3.8) is 0 Å². The number of rotatable bonds is 11. The molecule has 1 aromatic rings. The van der Waals surface area contributed by atoms with E-state index in [0.29, 0.717) is 31.5 Å². The average molecular weight is 506 g/mol. The van der Waals surface area contributed by atoms with E-state index in [1.165, 1.54) is 26.2 Å². The minimum atomic E-state index is -3.62. The number of hydrogen-bond acceptors (Lipinski definition) is 5. The number of halogens is 2. The van der Waals surface area contributed by atoms with Crippen molar-refractivity contribution in [2.24, 2.45) is 0 Å². The number of carbonyl (C=O) groups excluding carboxylic acids is 2. The van der Waals surface area contributed by atoms with E-state index in [0.717, 1.165) is 4.31 Å². The van der Waals surface area contributed by atoms with Crippen LogP contribution in [0.3, 0.4) is 0 Å². The Bertz CT molecular complexity index is 907. The maximum absolute atomic E-state index is 13.8. The van der Waals surface area contributed by atoms with Crippen LogP contribution >= 0.6 is 11.6 Å². The number of carbonyl (C=O) groups is 2. The summed E-state index contributed by atoms with van der Waals surface area (Å²) < 4.78 is 44.9. The van der Waals surface area contributed by atoms with Gasteiger partial charge in [0.05, 0.1) is 18.9 Å². The molecule has 33 heavy (non-hydrogen) atoms. The molecule has 0 aliphatic carbocycles. The lowest BCUT2D eigenvalue weighted by atomic mass is 10.0. The summed E-state index contributed by atoms with van der Waals surface area (Å²) in [4.78, 5) is 28.9. The molecule has 0 spiro atoms. The minimum absolute atomic E-state index is 0.0623. The predicted molar refractivity (Wildman–Crippen MR) is 125 cm³/mol. The van der Waals surface area contributed by atoms with Gasteiger partial charge in [0, 0.05) is 39.3 Å². The zero-order chi connectivity index (χ0) is 24.6. The predicted octanol–water partition coefficient (Wildman–Crippen LogP) is 2.07. The van der Waals surface area contributed by atoms with Crippen LogP contribution in [0.4, 0.5) is 4.39 Å². The lowest BCUT2D eigenvalue weighted by Gasteiger charge is -2.39. The minimum Gasteiger partial charge on any atom is -0.383 e. The molecular weight excluding hydrogens is 473 g/mol. The van der Waals surface area contributed by atoms with Crippen molar-refractivity contribution in [2.45, 2.75) is 44.7 Å². The summed E-state index contributed by atoms with van der Waals surface area (Å²) in [7, 11) is -2.16. The Morgan fingerprint density at radius 3 is 2.52 bits per heavy atom. The third-order valence-electron chi connectivity index (χ3n) is 5.73. The Hall–Kier alpha value is -1.75. The summed E-state index contributed by atoms with van der Waals surface area (Å²) in [6.07, 6.45) is 1.05. The largest absolute Gasteiger partial charge is 0.383 e. The van der Waals surface area contributed by atoms with Gasteiger partial charge in [-0.1, -0.05) is 12.1 Å². The first-order valence-corrected chi connectivity index (χ1v) is 13.1. The molecule has 0 unspecified atom stereocenters. The third kappa shape index (κ3) is 7.91. The Kier molecular flexibility index (Phi) is 10.5. The van der Waals surface area contributed by atoms with Crippen molar-refractivity contribution in [1.82, 2.24) is 14.1 Å². The Morgan fingerprint density at radius 1 is 1.30 bits per heavy atom. The van der Waals surface area contributed by atoms with Crippen molar-refractivity contribution < 1.29 is 27.1 Å². The Labute approximate surface area is 200 Å². The first kappa shape index (κ1) is 27.5. The maximum Gasteiger partial charge on any atom is 0.240 e. The van der Waals surface area contributed by atoms with Gasteiger partial charge in [-0.15, -0.1) is 11.6 Å². The number of alkyl halides is 1. The van der Waals surface area contributed by atoms with Crippen molar-refractivity contribution in [2.75, 3.05) is 45.6 Å². The molecule has 1 aromatic carbocycles. The lowest BCUT2D eigenvalue weighted by molar-refractivity contribution is -0.137. The molecule has 1 fully saturated rings. The van der Waals surface area contributed by atoms with Crippen LogP contribution in [0.25, 0.3) is 0 Å². The molecule has 2 amide bonds. The summed E-state index contributed by atoms with van der Waals surface area (Å²) in [6.45, 7) is 4.06. The SMILES string of the molecule is CCS(=O)(=O)N(CCOC)CC(=O)N(Cc1cccc(F)c1)C1CCN(C(=O)[C@@H](C)Cl)CC1. The molecule has 0 N–H and O–H groups in total. The second-order valence-corrected chi connectivity index (χ2v) is 11.0. The normalized spacial score (nSPS) is 16.1. The molecular formula is C22H33ClFN3O5S. The van der Waals surface area contributed by atoms with Gasteiger partial charge in [-0.25, -0.2) is 12.8 Å². The van der Waals surface area contributed by atoms with Gasteiger partial charge in [0.15, 0.2) is 0 Å². The smallest absolute Gasteiger partial charge is 0.240 e. The summed E-state index contributed by atoms with van der Waals surface area (Å²) in [6, 6.07) is 5.77. The lowest BCUT2D eigenvalue weighted by Crippen LogP contribution is -2.52. The van der Waals surface area contributed by atoms with Crippen LogP contribution in [0, 0.1) is 5.82 Å². The molecule has 0 bridgehead atoms. The number of methoxy groups -OCH3 is 1. The zero-order valence-electron chi connectivity index (χ0n) is 19.4. The molecule has 8 nitrogen and oxygen atoms in total. The summed E-state index contributed by atoms with van der Waals surface area (Å²) in [5.74, 6) is -1.07. The van der Waals surface area contributed by atoms with Crippen LogP contribution in [0.2, 0.25) is 0 Å². The monoisotopic (exact) mass is 505 g/mol. The molecule has 11 heteroatoms. The van der Waals surface area contributed by atoms with E-state index in [4.69, 9.17) is 16.3 Å². The third-order valence-corrected chi connectivity index (χ3v) is 7.75. The number of amides is 2. The van der Waals surface area contributed by atoms with Gasteiger partial charge < -0.3 is 14.5 Å². The van der Waals surface area contributed by atoms with E-state index < -0.39 is 21.2 Å². The quantitative estimate of drug-likeness (QED) is 0.430. The van der Waals surface area contributed by atoms with Gasteiger partial charge in [-0.05, 0) is 44.4 Å². The fourth-order valence-corrected chi connectivity index (χ4v) is 5.00. The highest BCUT2D eigenvalue weighted by Gasteiger charge is 2.33. The summed E-state index contributed by atoms with van der Waals surface area (Å²) in [5.41, 5.74) is 0.609. The first-order valence-electron chi connectivity index (χ1n) is 11.0. The van der Waals surface area contributed by atoms with Gasteiger partial charge in [-0.2, -0.15) is 4.31 Å². The second-order valence-electron chi connectivity index (χ2n) is 8.05. The molecule has 1 aliphatic rings. The van der Waals surface area contributed by atoms with Gasteiger partial charge in [-0.3, -0.25) is 9.59 Å². The van der Waals surface area contributed by atoms with E-state index in [1.807, 2.05) is 0 Å². The fourth-order valence-electron chi connectivity index (χ4n) is 3.84. The average Bonchev–Trinajstić information content (AvgIpc) is 2.79. The maximum atomic E-state index is 13.8. The van der Waals surface area contributed by atoms with Crippen molar-refractivity contribution in [1.29, 1.82) is 0 Å². The Balaban J connectivity index is 2.23. The summed E-state index contributed by atoms with van der Waals surface area (Å²) >= 11 is 5.92. The molecule has 1 saturated heterocycles. The van der Waals surface area contributed by atoms with E-state index in [2.05, 4.69) is 0 Å². The summed E-state index contributed by atoms with van der Waals surface area (Å²) in [5, 5.41) is -0.625. The Morgan fingerprint density at radius 2 is 1.97 bits per heavy atom. The molecule has 0 aromatic heterocycles. The number of benzene rings is 1. The van der Waals surface area contributed by atoms with Gasteiger partial charge in [0.2, 0.25) is 21.8 Å². The molecule has 186 valence electrons. The molecule has 1 heterocycles. The molecule has 1 aliphatic heterocycles. The van der Waals surface area contributed by atoms with Crippen LogP contribution in [-0.2, 0) is 30.9 Å². The van der Waals surface area contributed by atoms with Crippen LogP contribution in [-0.4, -0.2) is 91.4 Å². The number of likely N-dealkylation sites (tertiary alicyclic amines) is 1.